The molecule has 17 heavy (non-hydrogen) atoms. The van der Waals surface area contributed by atoms with E-state index in [9.17, 15) is 9.59 Å². The molecule has 4 heteroatoms. The van der Waals surface area contributed by atoms with Crippen molar-refractivity contribution in [2.45, 2.75) is 34.1 Å². The van der Waals surface area contributed by atoms with E-state index in [1.165, 1.54) is 4.90 Å². The van der Waals surface area contributed by atoms with Gasteiger partial charge in [-0.1, -0.05) is 33.8 Å². The van der Waals surface area contributed by atoms with Crippen LogP contribution < -0.4 is 0 Å². The van der Waals surface area contributed by atoms with Crippen molar-refractivity contribution in [3.63, 3.8) is 0 Å². The van der Waals surface area contributed by atoms with Crippen LogP contribution in [0.2, 0.25) is 0 Å². The number of hydrogen-bond acceptors (Lipinski definition) is 2. The molecule has 0 bridgehead atoms. The second-order valence-corrected chi connectivity index (χ2v) is 5.43. The average molecular weight is 241 g/mol. The summed E-state index contributed by atoms with van der Waals surface area (Å²) in [5, 5.41) is 8.73. The molecule has 98 valence electrons. The van der Waals surface area contributed by atoms with Crippen molar-refractivity contribution < 1.29 is 14.7 Å². The minimum atomic E-state index is -0.997. The van der Waals surface area contributed by atoms with Gasteiger partial charge in [-0.25, -0.2) is 0 Å². The molecule has 0 aliphatic carbocycles. The Morgan fingerprint density at radius 1 is 1.41 bits per heavy atom. The van der Waals surface area contributed by atoms with Crippen LogP contribution in [0.3, 0.4) is 0 Å². The van der Waals surface area contributed by atoms with Crippen LogP contribution in [0, 0.1) is 11.3 Å². The Balaban J connectivity index is 4.52. The normalized spacial score (nSPS) is 12.9. The first kappa shape index (κ1) is 15.7. The van der Waals surface area contributed by atoms with Crippen LogP contribution in [0.5, 0.6) is 0 Å². The van der Waals surface area contributed by atoms with Crippen LogP contribution in [0.1, 0.15) is 34.1 Å². The monoisotopic (exact) mass is 241 g/mol. The molecule has 0 heterocycles. The fourth-order valence-corrected chi connectivity index (χ4v) is 1.27. The van der Waals surface area contributed by atoms with E-state index in [-0.39, 0.29) is 30.3 Å². The Morgan fingerprint density at radius 3 is 2.29 bits per heavy atom. The zero-order chi connectivity index (χ0) is 13.6. The molecular weight excluding hydrogens is 218 g/mol. The summed E-state index contributed by atoms with van der Waals surface area (Å²) >= 11 is 0. The Bertz CT molecular complexity index is 292. The molecule has 0 rings (SSSR count). The molecule has 1 N–H and O–H groups in total. The van der Waals surface area contributed by atoms with E-state index in [1.54, 1.807) is 6.08 Å². The Hall–Kier alpha value is -1.32. The van der Waals surface area contributed by atoms with Crippen molar-refractivity contribution in [2.24, 2.45) is 11.3 Å². The van der Waals surface area contributed by atoms with E-state index in [4.69, 9.17) is 5.11 Å². The zero-order valence-electron chi connectivity index (χ0n) is 11.2. The van der Waals surface area contributed by atoms with E-state index in [1.807, 2.05) is 6.92 Å². The molecule has 1 unspecified atom stereocenters. The first-order valence-corrected chi connectivity index (χ1v) is 5.79. The number of amides is 1. The molecule has 0 fully saturated rings. The summed E-state index contributed by atoms with van der Waals surface area (Å²) in [6.07, 6.45) is 1.91. The van der Waals surface area contributed by atoms with Crippen molar-refractivity contribution in [3.8, 4) is 0 Å². The molecule has 0 radical (unpaired) electrons. The molecular formula is C13H23NO3. The van der Waals surface area contributed by atoms with E-state index in [0.29, 0.717) is 6.42 Å². The third kappa shape index (κ3) is 6.09. The van der Waals surface area contributed by atoms with Gasteiger partial charge in [-0.3, -0.25) is 9.59 Å². The number of aliphatic carboxylic acids is 1. The van der Waals surface area contributed by atoms with Gasteiger partial charge in [0.05, 0.1) is 0 Å². The van der Waals surface area contributed by atoms with Gasteiger partial charge in [0.15, 0.2) is 0 Å². The molecule has 1 atom stereocenters. The summed E-state index contributed by atoms with van der Waals surface area (Å²) in [5.74, 6) is -0.922. The van der Waals surface area contributed by atoms with Crippen molar-refractivity contribution in [1.29, 1.82) is 0 Å². The fourth-order valence-electron chi connectivity index (χ4n) is 1.27. The summed E-state index contributed by atoms with van der Waals surface area (Å²) < 4.78 is 0. The quantitative estimate of drug-likeness (QED) is 0.725. The van der Waals surface area contributed by atoms with Gasteiger partial charge < -0.3 is 10.0 Å². The maximum Gasteiger partial charge on any atom is 0.323 e. The lowest BCUT2D eigenvalue weighted by atomic mass is 9.80. The summed E-state index contributed by atoms with van der Waals surface area (Å²) in [5.41, 5.74) is 0.0404. The summed E-state index contributed by atoms with van der Waals surface area (Å²) in [4.78, 5) is 23.9. The van der Waals surface area contributed by atoms with E-state index >= 15 is 0 Å². The molecule has 0 saturated carbocycles. The van der Waals surface area contributed by atoms with Crippen LogP contribution in [-0.2, 0) is 9.59 Å². The van der Waals surface area contributed by atoms with Crippen molar-refractivity contribution in [2.75, 3.05) is 13.1 Å². The molecule has 0 aromatic rings. The van der Waals surface area contributed by atoms with E-state index < -0.39 is 5.97 Å². The Labute approximate surface area is 103 Å². The number of carboxylic acid groups (broad SMARTS) is 1. The fraction of sp³-hybridized carbons (Fsp3) is 0.692. The molecule has 0 saturated heterocycles. The van der Waals surface area contributed by atoms with Crippen LogP contribution in [0.15, 0.2) is 12.7 Å². The molecule has 0 aromatic heterocycles. The highest BCUT2D eigenvalue weighted by atomic mass is 16.4. The smallest absolute Gasteiger partial charge is 0.323 e. The van der Waals surface area contributed by atoms with Gasteiger partial charge in [0, 0.05) is 13.0 Å². The Morgan fingerprint density at radius 2 is 1.94 bits per heavy atom. The van der Waals surface area contributed by atoms with Crippen molar-refractivity contribution in [3.05, 3.63) is 12.7 Å². The molecule has 0 spiro atoms. The number of carbonyl (C=O) groups is 2. The van der Waals surface area contributed by atoms with Gasteiger partial charge in [0.25, 0.3) is 0 Å². The predicted molar refractivity (Wildman–Crippen MR) is 67.6 cm³/mol. The largest absolute Gasteiger partial charge is 0.480 e. The standard InChI is InChI=1S/C13H23NO3/c1-6-7-14(9-12(16)17)11(15)8-10(2)13(3,4)5/h6,10H,1,7-9H2,2-5H3,(H,16,17). The van der Waals surface area contributed by atoms with Gasteiger partial charge in [-0.15, -0.1) is 6.58 Å². The average Bonchev–Trinajstić information content (AvgIpc) is 2.14. The van der Waals surface area contributed by atoms with Crippen molar-refractivity contribution >= 4 is 11.9 Å². The minimum absolute atomic E-state index is 0.0404. The lowest BCUT2D eigenvalue weighted by Gasteiger charge is -2.29. The highest BCUT2D eigenvalue weighted by Gasteiger charge is 2.25. The first-order chi connectivity index (χ1) is 7.68. The predicted octanol–water partition coefficient (Wildman–Crippen LogP) is 2.16. The third-order valence-corrected chi connectivity index (χ3v) is 2.99. The summed E-state index contributed by atoms with van der Waals surface area (Å²) in [6.45, 7) is 11.8. The van der Waals surface area contributed by atoms with Gasteiger partial charge in [0.2, 0.25) is 5.91 Å². The minimum Gasteiger partial charge on any atom is -0.480 e. The number of carboxylic acids is 1. The molecule has 0 aliphatic rings. The molecule has 0 aromatic carbocycles. The van der Waals surface area contributed by atoms with E-state index in [2.05, 4.69) is 27.4 Å². The Kier molecular flexibility index (Phi) is 5.93. The lowest BCUT2D eigenvalue weighted by molar-refractivity contribution is -0.144. The third-order valence-electron chi connectivity index (χ3n) is 2.99. The van der Waals surface area contributed by atoms with Crippen LogP contribution >= 0.6 is 0 Å². The summed E-state index contributed by atoms with van der Waals surface area (Å²) in [7, 11) is 0. The number of nitrogens with zero attached hydrogens (tertiary/aromatic N) is 1. The van der Waals surface area contributed by atoms with Gasteiger partial charge >= 0.3 is 5.97 Å². The van der Waals surface area contributed by atoms with Crippen LogP contribution in [0.4, 0.5) is 0 Å². The molecule has 1 amide bonds. The summed E-state index contributed by atoms with van der Waals surface area (Å²) in [6, 6.07) is 0. The van der Waals surface area contributed by atoms with Crippen molar-refractivity contribution in [1.82, 2.24) is 4.90 Å². The maximum atomic E-state index is 11.9. The number of carbonyl (C=O) groups excluding carboxylic acids is 1. The second kappa shape index (κ2) is 6.42. The highest BCUT2D eigenvalue weighted by Crippen LogP contribution is 2.28. The second-order valence-electron chi connectivity index (χ2n) is 5.43. The molecule has 0 aliphatic heterocycles. The number of hydrogen-bond donors (Lipinski definition) is 1. The van der Waals surface area contributed by atoms with Crippen LogP contribution in [-0.4, -0.2) is 35.0 Å². The number of rotatable bonds is 6. The SMILES string of the molecule is C=CCN(CC(=O)O)C(=O)CC(C)C(C)(C)C. The molecule has 4 nitrogen and oxygen atoms in total. The van der Waals surface area contributed by atoms with Gasteiger partial charge in [0.1, 0.15) is 6.54 Å². The van der Waals surface area contributed by atoms with Crippen LogP contribution in [0.25, 0.3) is 0 Å². The highest BCUT2D eigenvalue weighted by molar-refractivity contribution is 5.81. The maximum absolute atomic E-state index is 11.9. The van der Waals surface area contributed by atoms with Gasteiger partial charge in [-0.2, -0.15) is 0 Å². The first-order valence-electron chi connectivity index (χ1n) is 5.79. The zero-order valence-corrected chi connectivity index (χ0v) is 11.2. The lowest BCUT2D eigenvalue weighted by Crippen LogP contribution is -2.37. The van der Waals surface area contributed by atoms with E-state index in [0.717, 1.165) is 0 Å². The van der Waals surface area contributed by atoms with Gasteiger partial charge in [-0.05, 0) is 11.3 Å². The topological polar surface area (TPSA) is 57.6 Å².